The van der Waals surface area contributed by atoms with Crippen molar-refractivity contribution < 1.29 is 22.7 Å². The number of anilines is 1. The summed E-state index contributed by atoms with van der Waals surface area (Å²) in [5.41, 5.74) is -0.538. The van der Waals surface area contributed by atoms with Gasteiger partial charge in [-0.3, -0.25) is 4.79 Å². The molecule has 3 nitrogen and oxygen atoms in total. The van der Waals surface area contributed by atoms with Crippen LogP contribution in [-0.4, -0.2) is 19.1 Å². The fourth-order valence-corrected chi connectivity index (χ4v) is 1.25. The van der Waals surface area contributed by atoms with Gasteiger partial charge in [-0.2, -0.15) is 0 Å². The number of rotatable bonds is 6. The number of unbranched alkanes of at least 4 members (excludes halogenated alkanes) is 1. The third-order valence-electron chi connectivity index (χ3n) is 2.18. The summed E-state index contributed by atoms with van der Waals surface area (Å²) in [5, 5.41) is 2.24. The lowest BCUT2D eigenvalue weighted by Crippen LogP contribution is -2.18. The van der Waals surface area contributed by atoms with Crippen LogP contribution >= 0.6 is 0 Å². The smallest absolute Gasteiger partial charge is 0.325 e. The zero-order chi connectivity index (χ0) is 13.5. The molecule has 0 saturated heterocycles. The molecule has 18 heavy (non-hydrogen) atoms. The fourth-order valence-electron chi connectivity index (χ4n) is 1.25. The average molecular weight is 261 g/mol. The van der Waals surface area contributed by atoms with Crippen LogP contribution in [0.1, 0.15) is 19.8 Å². The van der Waals surface area contributed by atoms with Crippen LogP contribution in [0.25, 0.3) is 0 Å². The van der Waals surface area contributed by atoms with Gasteiger partial charge in [0.25, 0.3) is 0 Å². The zero-order valence-corrected chi connectivity index (χ0v) is 9.93. The highest BCUT2D eigenvalue weighted by molar-refractivity contribution is 5.75. The predicted octanol–water partition coefficient (Wildman–Crippen LogP) is 2.86. The monoisotopic (exact) mass is 261 g/mol. The molecule has 1 aromatic rings. The summed E-state index contributed by atoms with van der Waals surface area (Å²) in [6.07, 6.45) is 1.60. The number of benzene rings is 1. The van der Waals surface area contributed by atoms with Crippen LogP contribution in [0, 0.1) is 17.5 Å². The second-order valence-corrected chi connectivity index (χ2v) is 3.67. The normalized spacial score (nSPS) is 10.2. The molecule has 1 N–H and O–H groups in total. The molecule has 0 heterocycles. The lowest BCUT2D eigenvalue weighted by molar-refractivity contribution is -0.141. The summed E-state index contributed by atoms with van der Waals surface area (Å²) in [5.74, 6) is -3.81. The van der Waals surface area contributed by atoms with Gasteiger partial charge in [-0.25, -0.2) is 13.2 Å². The number of hydrogen-bond acceptors (Lipinski definition) is 3. The van der Waals surface area contributed by atoms with E-state index in [2.05, 4.69) is 5.32 Å². The molecule has 0 unspecified atom stereocenters. The first-order valence-electron chi connectivity index (χ1n) is 5.58. The van der Waals surface area contributed by atoms with Gasteiger partial charge < -0.3 is 10.1 Å². The van der Waals surface area contributed by atoms with Gasteiger partial charge in [0.2, 0.25) is 0 Å². The molecule has 0 aliphatic heterocycles. The molecule has 0 amide bonds. The highest BCUT2D eigenvalue weighted by atomic mass is 19.1. The van der Waals surface area contributed by atoms with Crippen molar-refractivity contribution in [2.24, 2.45) is 0 Å². The first kappa shape index (κ1) is 14.3. The number of ether oxygens (including phenoxy) is 1. The molecule has 100 valence electrons. The summed E-state index contributed by atoms with van der Waals surface area (Å²) < 4.78 is 43.7. The van der Waals surface area contributed by atoms with E-state index in [1.807, 2.05) is 6.92 Å². The second kappa shape index (κ2) is 6.88. The Bertz CT molecular complexity index is 401. The first-order valence-corrected chi connectivity index (χ1v) is 5.58. The van der Waals surface area contributed by atoms with Gasteiger partial charge in [0, 0.05) is 12.1 Å². The van der Waals surface area contributed by atoms with Crippen LogP contribution in [-0.2, 0) is 9.53 Å². The zero-order valence-electron chi connectivity index (χ0n) is 9.93. The molecule has 0 aliphatic carbocycles. The van der Waals surface area contributed by atoms with E-state index in [0.29, 0.717) is 12.1 Å². The number of carbonyl (C=O) groups excluding carboxylic acids is 1. The summed E-state index contributed by atoms with van der Waals surface area (Å²) in [6, 6.07) is 1.07. The molecule has 1 aromatic carbocycles. The van der Waals surface area contributed by atoms with E-state index in [1.54, 1.807) is 0 Å². The Morgan fingerprint density at radius 1 is 1.28 bits per heavy atom. The molecule has 0 aliphatic rings. The van der Waals surface area contributed by atoms with Crippen molar-refractivity contribution in [1.29, 1.82) is 0 Å². The van der Waals surface area contributed by atoms with Gasteiger partial charge in [0.1, 0.15) is 18.0 Å². The van der Waals surface area contributed by atoms with Crippen LogP contribution in [0.5, 0.6) is 0 Å². The van der Waals surface area contributed by atoms with Gasteiger partial charge in [-0.05, 0) is 6.42 Å². The molecule has 1 rings (SSSR count). The van der Waals surface area contributed by atoms with Gasteiger partial charge in [-0.15, -0.1) is 0 Å². The summed E-state index contributed by atoms with van der Waals surface area (Å²) in [7, 11) is 0. The molecule has 0 spiro atoms. The van der Waals surface area contributed by atoms with Crippen LogP contribution in [0.4, 0.5) is 18.9 Å². The minimum absolute atomic E-state index is 0.269. The Labute approximate surface area is 103 Å². The number of halogens is 3. The van der Waals surface area contributed by atoms with Gasteiger partial charge in [0.15, 0.2) is 11.6 Å². The topological polar surface area (TPSA) is 38.3 Å². The van der Waals surface area contributed by atoms with Crippen molar-refractivity contribution in [3.8, 4) is 0 Å². The third-order valence-corrected chi connectivity index (χ3v) is 2.18. The van der Waals surface area contributed by atoms with E-state index in [9.17, 15) is 18.0 Å². The van der Waals surface area contributed by atoms with Crippen LogP contribution in [0.3, 0.4) is 0 Å². The Kier molecular flexibility index (Phi) is 5.48. The maximum absolute atomic E-state index is 13.2. The maximum Gasteiger partial charge on any atom is 0.325 e. The Balaban J connectivity index is 2.51. The molecular formula is C12H14F3NO2. The molecular weight excluding hydrogens is 247 g/mol. The van der Waals surface area contributed by atoms with Gasteiger partial charge in [-0.1, -0.05) is 13.3 Å². The highest BCUT2D eigenvalue weighted by Crippen LogP contribution is 2.19. The Morgan fingerprint density at radius 2 is 1.89 bits per heavy atom. The van der Waals surface area contributed by atoms with Crippen molar-refractivity contribution in [1.82, 2.24) is 0 Å². The Morgan fingerprint density at radius 3 is 2.44 bits per heavy atom. The fraction of sp³-hybridized carbons (Fsp3) is 0.417. The second-order valence-electron chi connectivity index (χ2n) is 3.67. The molecule has 0 bridgehead atoms. The van der Waals surface area contributed by atoms with E-state index < -0.39 is 29.1 Å². The quantitative estimate of drug-likeness (QED) is 0.632. The number of carbonyl (C=O) groups is 1. The molecule has 0 fully saturated rings. The largest absolute Gasteiger partial charge is 0.464 e. The van der Waals surface area contributed by atoms with Crippen LogP contribution in [0.15, 0.2) is 12.1 Å². The van der Waals surface area contributed by atoms with Crippen molar-refractivity contribution in [2.45, 2.75) is 19.8 Å². The molecule has 6 heteroatoms. The average Bonchev–Trinajstić information content (AvgIpc) is 2.27. The minimum atomic E-state index is -1.09. The lowest BCUT2D eigenvalue weighted by atomic mass is 10.3. The highest BCUT2D eigenvalue weighted by Gasteiger charge is 2.12. The van der Waals surface area contributed by atoms with Gasteiger partial charge >= 0.3 is 5.97 Å². The number of esters is 1. The molecule has 0 aromatic heterocycles. The lowest BCUT2D eigenvalue weighted by Gasteiger charge is -2.08. The van der Waals surface area contributed by atoms with E-state index in [1.165, 1.54) is 0 Å². The first-order chi connectivity index (χ1) is 8.54. The van der Waals surface area contributed by atoms with E-state index in [0.717, 1.165) is 12.8 Å². The molecule has 0 radical (unpaired) electrons. The summed E-state index contributed by atoms with van der Waals surface area (Å²) in [4.78, 5) is 11.2. The van der Waals surface area contributed by atoms with Crippen molar-refractivity contribution in [2.75, 3.05) is 18.5 Å². The summed E-state index contributed by atoms with van der Waals surface area (Å²) in [6.45, 7) is 1.84. The van der Waals surface area contributed by atoms with E-state index in [-0.39, 0.29) is 13.2 Å². The Hall–Kier alpha value is -1.72. The van der Waals surface area contributed by atoms with Crippen molar-refractivity contribution in [3.63, 3.8) is 0 Å². The predicted molar refractivity (Wildman–Crippen MR) is 60.7 cm³/mol. The van der Waals surface area contributed by atoms with E-state index in [4.69, 9.17) is 4.74 Å². The number of hydrogen-bond donors (Lipinski definition) is 1. The van der Waals surface area contributed by atoms with Crippen molar-refractivity contribution >= 4 is 11.7 Å². The molecule has 0 atom stereocenters. The third kappa shape index (κ3) is 4.27. The van der Waals surface area contributed by atoms with E-state index >= 15 is 0 Å². The van der Waals surface area contributed by atoms with Gasteiger partial charge in [0.05, 0.1) is 6.61 Å². The van der Waals surface area contributed by atoms with Crippen molar-refractivity contribution in [3.05, 3.63) is 29.6 Å². The standard InChI is InChI=1S/C12H14F3NO2/c1-2-3-4-18-11(17)7-16-12-9(14)5-8(13)6-10(12)15/h5-6,16H,2-4,7H2,1H3. The van der Waals surface area contributed by atoms with Crippen LogP contribution < -0.4 is 5.32 Å². The molecule has 0 saturated carbocycles. The maximum atomic E-state index is 13.2. The van der Waals surface area contributed by atoms with Crippen LogP contribution in [0.2, 0.25) is 0 Å². The number of nitrogens with one attached hydrogen (secondary N) is 1. The minimum Gasteiger partial charge on any atom is -0.464 e. The SMILES string of the molecule is CCCCOC(=O)CNc1c(F)cc(F)cc1F. The summed E-state index contributed by atoms with van der Waals surface area (Å²) >= 11 is 0.